The minimum absolute atomic E-state index is 0.126. The van der Waals surface area contributed by atoms with Crippen molar-refractivity contribution in [3.8, 4) is 0 Å². The van der Waals surface area contributed by atoms with Crippen LogP contribution in [-0.2, 0) is 0 Å². The molecular formula is C14H10FNO4. The molecule has 0 heterocycles. The summed E-state index contributed by atoms with van der Waals surface area (Å²) in [5.41, 5.74) is 0.748. The number of halogens is 1. The Morgan fingerprint density at radius 3 is 2.00 bits per heavy atom. The number of rotatable bonds is 4. The Balaban J connectivity index is 2.25. The Morgan fingerprint density at radius 2 is 1.45 bits per heavy atom. The van der Waals surface area contributed by atoms with Crippen LogP contribution in [0.4, 0.5) is 15.8 Å². The summed E-state index contributed by atoms with van der Waals surface area (Å²) >= 11 is 0. The first kappa shape index (κ1) is 13.5. The zero-order valence-corrected chi connectivity index (χ0v) is 10.1. The number of aromatic carboxylic acids is 2. The van der Waals surface area contributed by atoms with Crippen LogP contribution in [-0.4, -0.2) is 22.2 Å². The number of hydrogen-bond acceptors (Lipinski definition) is 3. The van der Waals surface area contributed by atoms with Crippen molar-refractivity contribution in [1.82, 2.24) is 0 Å². The lowest BCUT2D eigenvalue weighted by atomic mass is 10.1. The van der Waals surface area contributed by atoms with E-state index >= 15 is 0 Å². The van der Waals surface area contributed by atoms with E-state index in [1.807, 2.05) is 0 Å². The van der Waals surface area contributed by atoms with Gasteiger partial charge in [-0.2, -0.15) is 0 Å². The van der Waals surface area contributed by atoms with Crippen LogP contribution in [0.1, 0.15) is 20.7 Å². The number of benzene rings is 2. The maximum Gasteiger partial charge on any atom is 0.335 e. The number of carbonyl (C=O) groups is 2. The minimum atomic E-state index is -1.23. The quantitative estimate of drug-likeness (QED) is 0.798. The van der Waals surface area contributed by atoms with E-state index in [2.05, 4.69) is 5.32 Å². The lowest BCUT2D eigenvalue weighted by molar-refractivity contribution is 0.0686. The van der Waals surface area contributed by atoms with E-state index in [0.717, 1.165) is 12.1 Å². The Kier molecular flexibility index (Phi) is 3.65. The van der Waals surface area contributed by atoms with Crippen LogP contribution >= 0.6 is 0 Å². The van der Waals surface area contributed by atoms with E-state index in [0.29, 0.717) is 5.69 Å². The molecule has 0 aliphatic heterocycles. The van der Waals surface area contributed by atoms with Crippen molar-refractivity contribution in [1.29, 1.82) is 0 Å². The van der Waals surface area contributed by atoms with Crippen molar-refractivity contribution in [3.63, 3.8) is 0 Å². The maximum absolute atomic E-state index is 13.3. The third-order valence-electron chi connectivity index (χ3n) is 2.57. The second-order valence-electron chi connectivity index (χ2n) is 4.04. The highest BCUT2D eigenvalue weighted by molar-refractivity contribution is 5.89. The summed E-state index contributed by atoms with van der Waals surface area (Å²) in [6.07, 6.45) is 0. The predicted octanol–water partition coefficient (Wildman–Crippen LogP) is 2.97. The molecule has 0 saturated heterocycles. The second-order valence-corrected chi connectivity index (χ2v) is 4.04. The molecule has 0 amide bonds. The summed E-state index contributed by atoms with van der Waals surface area (Å²) in [6.45, 7) is 0. The number of carboxylic acid groups (broad SMARTS) is 2. The first-order chi connectivity index (χ1) is 9.45. The average Bonchev–Trinajstić information content (AvgIpc) is 2.38. The molecule has 2 aromatic rings. The standard InChI is InChI=1S/C14H10FNO4/c15-10-5-9(14(19)20)6-12(7-10)16-11-3-1-8(2-4-11)13(17)18/h1-7,16H,(H,17,18)(H,19,20). The summed E-state index contributed by atoms with van der Waals surface area (Å²) in [4.78, 5) is 21.5. The van der Waals surface area contributed by atoms with Gasteiger partial charge in [0.15, 0.2) is 0 Å². The van der Waals surface area contributed by atoms with Gasteiger partial charge in [-0.15, -0.1) is 0 Å². The smallest absolute Gasteiger partial charge is 0.335 e. The fourth-order valence-corrected chi connectivity index (χ4v) is 1.65. The SMILES string of the molecule is O=C(O)c1ccc(Nc2cc(F)cc(C(=O)O)c2)cc1. The first-order valence-electron chi connectivity index (χ1n) is 5.60. The van der Waals surface area contributed by atoms with Crippen molar-refractivity contribution in [2.75, 3.05) is 5.32 Å². The van der Waals surface area contributed by atoms with E-state index in [4.69, 9.17) is 10.2 Å². The van der Waals surface area contributed by atoms with E-state index in [1.165, 1.54) is 30.3 Å². The lowest BCUT2D eigenvalue weighted by Crippen LogP contribution is -2.00. The molecule has 0 aromatic heterocycles. The first-order valence-corrected chi connectivity index (χ1v) is 5.60. The molecule has 2 rings (SSSR count). The van der Waals surface area contributed by atoms with Crippen molar-refractivity contribution >= 4 is 23.3 Å². The van der Waals surface area contributed by atoms with Crippen molar-refractivity contribution in [2.24, 2.45) is 0 Å². The monoisotopic (exact) mass is 275 g/mol. The Morgan fingerprint density at radius 1 is 0.850 bits per heavy atom. The Hall–Kier alpha value is -2.89. The van der Waals surface area contributed by atoms with Gasteiger partial charge < -0.3 is 15.5 Å². The minimum Gasteiger partial charge on any atom is -0.478 e. The molecule has 0 unspecified atom stereocenters. The normalized spacial score (nSPS) is 10.1. The van der Waals surface area contributed by atoms with E-state index < -0.39 is 17.8 Å². The Labute approximate surface area is 113 Å². The molecule has 2 aromatic carbocycles. The van der Waals surface area contributed by atoms with Crippen molar-refractivity contribution in [2.45, 2.75) is 0 Å². The molecule has 3 N–H and O–H groups in total. The molecule has 0 saturated carbocycles. The lowest BCUT2D eigenvalue weighted by Gasteiger charge is -2.08. The van der Waals surface area contributed by atoms with Gasteiger partial charge in [0.2, 0.25) is 0 Å². The number of carboxylic acids is 2. The van der Waals surface area contributed by atoms with Gasteiger partial charge in [0.25, 0.3) is 0 Å². The third-order valence-corrected chi connectivity index (χ3v) is 2.57. The van der Waals surface area contributed by atoms with Gasteiger partial charge in [-0.05, 0) is 42.5 Å². The van der Waals surface area contributed by atoms with Gasteiger partial charge in [0, 0.05) is 11.4 Å². The molecule has 0 fully saturated rings. The summed E-state index contributed by atoms with van der Waals surface area (Å²) in [6, 6.07) is 9.16. The fourth-order valence-electron chi connectivity index (χ4n) is 1.65. The van der Waals surface area contributed by atoms with Gasteiger partial charge in [-0.1, -0.05) is 0 Å². The van der Waals surface area contributed by atoms with Crippen LogP contribution in [0.2, 0.25) is 0 Å². The predicted molar refractivity (Wildman–Crippen MR) is 70.0 cm³/mol. The fraction of sp³-hybridized carbons (Fsp3) is 0. The van der Waals surface area contributed by atoms with Crippen molar-refractivity contribution in [3.05, 3.63) is 59.4 Å². The number of nitrogens with one attached hydrogen (secondary N) is 1. The molecule has 6 heteroatoms. The second kappa shape index (κ2) is 5.40. The van der Waals surface area contributed by atoms with Gasteiger partial charge >= 0.3 is 11.9 Å². The highest BCUT2D eigenvalue weighted by Gasteiger charge is 2.08. The maximum atomic E-state index is 13.3. The molecule has 5 nitrogen and oxygen atoms in total. The van der Waals surface area contributed by atoms with Crippen molar-refractivity contribution < 1.29 is 24.2 Å². The molecule has 102 valence electrons. The van der Waals surface area contributed by atoms with Crippen LogP contribution in [0.5, 0.6) is 0 Å². The summed E-state index contributed by atoms with van der Waals surface area (Å²) in [5.74, 6) is -2.95. The molecule has 0 atom stereocenters. The van der Waals surface area contributed by atoms with Crippen LogP contribution in [0, 0.1) is 5.82 Å². The van der Waals surface area contributed by atoms with Crippen LogP contribution < -0.4 is 5.32 Å². The largest absolute Gasteiger partial charge is 0.478 e. The summed E-state index contributed by atoms with van der Waals surface area (Å²) < 4.78 is 13.3. The van der Waals surface area contributed by atoms with Crippen LogP contribution in [0.25, 0.3) is 0 Å². The third kappa shape index (κ3) is 3.11. The van der Waals surface area contributed by atoms with Gasteiger partial charge in [0.1, 0.15) is 5.82 Å². The highest BCUT2D eigenvalue weighted by atomic mass is 19.1. The molecule has 0 radical (unpaired) electrons. The molecule has 0 bridgehead atoms. The number of hydrogen-bond donors (Lipinski definition) is 3. The van der Waals surface area contributed by atoms with E-state index in [-0.39, 0.29) is 16.8 Å². The zero-order chi connectivity index (χ0) is 14.7. The highest BCUT2D eigenvalue weighted by Crippen LogP contribution is 2.20. The molecule has 0 aliphatic carbocycles. The van der Waals surface area contributed by atoms with E-state index in [9.17, 15) is 14.0 Å². The van der Waals surface area contributed by atoms with Crippen LogP contribution in [0.15, 0.2) is 42.5 Å². The summed E-state index contributed by atoms with van der Waals surface area (Å²) in [7, 11) is 0. The molecular weight excluding hydrogens is 265 g/mol. The summed E-state index contributed by atoms with van der Waals surface area (Å²) in [5, 5.41) is 20.4. The van der Waals surface area contributed by atoms with Crippen LogP contribution in [0.3, 0.4) is 0 Å². The van der Waals surface area contributed by atoms with E-state index in [1.54, 1.807) is 0 Å². The molecule has 20 heavy (non-hydrogen) atoms. The van der Waals surface area contributed by atoms with Gasteiger partial charge in [-0.25, -0.2) is 14.0 Å². The zero-order valence-electron chi connectivity index (χ0n) is 10.1. The van der Waals surface area contributed by atoms with Gasteiger partial charge in [-0.3, -0.25) is 0 Å². The average molecular weight is 275 g/mol. The van der Waals surface area contributed by atoms with Gasteiger partial charge in [0.05, 0.1) is 11.1 Å². The Bertz CT molecular complexity index is 667. The topological polar surface area (TPSA) is 86.6 Å². The number of anilines is 2. The molecule has 0 aliphatic rings. The molecule has 0 spiro atoms.